The molecule has 0 aliphatic heterocycles. The van der Waals surface area contributed by atoms with Crippen LogP contribution in [0.3, 0.4) is 0 Å². The Hall–Kier alpha value is -3.09. The number of amides is 1. The van der Waals surface area contributed by atoms with E-state index in [-0.39, 0.29) is 23.8 Å². The highest BCUT2D eigenvalue weighted by Gasteiger charge is 2.17. The summed E-state index contributed by atoms with van der Waals surface area (Å²) in [6.07, 6.45) is -0.633. The molecule has 7 heteroatoms. The fourth-order valence-electron chi connectivity index (χ4n) is 2.17. The summed E-state index contributed by atoms with van der Waals surface area (Å²) in [6, 6.07) is 10.9. The summed E-state index contributed by atoms with van der Waals surface area (Å²) in [5.74, 6) is -0.332. The molecule has 0 heterocycles. The molecule has 2 rings (SSSR count). The first-order valence-electron chi connectivity index (χ1n) is 8.29. The van der Waals surface area contributed by atoms with Crippen molar-refractivity contribution in [3.8, 4) is 11.5 Å². The van der Waals surface area contributed by atoms with Crippen LogP contribution >= 0.6 is 0 Å². The quantitative estimate of drug-likeness (QED) is 0.768. The highest BCUT2D eigenvalue weighted by atomic mass is 19.1. The Morgan fingerprint density at radius 2 is 1.78 bits per heavy atom. The van der Waals surface area contributed by atoms with E-state index < -0.39 is 17.5 Å². The van der Waals surface area contributed by atoms with Gasteiger partial charge in [0.15, 0.2) is 5.82 Å². The van der Waals surface area contributed by atoms with Crippen molar-refractivity contribution in [3.05, 3.63) is 53.8 Å². The van der Waals surface area contributed by atoms with E-state index >= 15 is 0 Å². The highest BCUT2D eigenvalue weighted by Crippen LogP contribution is 2.26. The second-order valence-electron chi connectivity index (χ2n) is 6.77. The van der Waals surface area contributed by atoms with E-state index in [0.29, 0.717) is 11.3 Å². The Bertz CT molecular complexity index is 829. The maximum absolute atomic E-state index is 14.2. The van der Waals surface area contributed by atoms with Crippen LogP contribution in [0.15, 0.2) is 42.5 Å². The molecule has 1 amide bonds. The summed E-state index contributed by atoms with van der Waals surface area (Å²) < 4.78 is 29.6. The lowest BCUT2D eigenvalue weighted by molar-refractivity contribution is -0.139. The predicted octanol–water partition coefficient (Wildman–Crippen LogP) is 4.68. The molecule has 6 nitrogen and oxygen atoms in total. The van der Waals surface area contributed by atoms with E-state index in [2.05, 4.69) is 10.1 Å². The summed E-state index contributed by atoms with van der Waals surface area (Å²) in [7, 11) is 1.32. The average molecular weight is 375 g/mol. The molecule has 0 saturated carbocycles. The number of carbonyl (C=O) groups is 2. The standard InChI is InChI=1S/C20H22FNO5/c1-20(2,3)27-19(24)22-17-9-8-15(12-16(17)21)26-14-7-5-6-13(10-14)11-18(23)25-4/h5-10,12H,11H2,1-4H3,(H,22,24). The molecule has 2 aromatic carbocycles. The van der Waals surface area contributed by atoms with E-state index in [1.807, 2.05) is 0 Å². The number of anilines is 1. The summed E-state index contributed by atoms with van der Waals surface area (Å²) in [5.41, 5.74) is 0.0119. The fourth-order valence-corrected chi connectivity index (χ4v) is 2.17. The Labute approximate surface area is 157 Å². The van der Waals surface area contributed by atoms with Gasteiger partial charge in [-0.15, -0.1) is 0 Å². The third-order valence-corrected chi connectivity index (χ3v) is 3.29. The molecule has 0 atom stereocenters. The molecule has 0 fully saturated rings. The molecule has 0 bridgehead atoms. The van der Waals surface area contributed by atoms with Crippen LogP contribution in [0, 0.1) is 5.82 Å². The Balaban J connectivity index is 2.06. The van der Waals surface area contributed by atoms with E-state index in [0.717, 1.165) is 6.07 Å². The van der Waals surface area contributed by atoms with Gasteiger partial charge in [0.25, 0.3) is 0 Å². The lowest BCUT2D eigenvalue weighted by Gasteiger charge is -2.19. The van der Waals surface area contributed by atoms with Gasteiger partial charge in [0, 0.05) is 6.07 Å². The fraction of sp³-hybridized carbons (Fsp3) is 0.300. The maximum atomic E-state index is 14.2. The number of hydrogen-bond donors (Lipinski definition) is 1. The largest absolute Gasteiger partial charge is 0.469 e. The second-order valence-corrected chi connectivity index (χ2v) is 6.77. The van der Waals surface area contributed by atoms with Crippen LogP contribution in [0.5, 0.6) is 11.5 Å². The third kappa shape index (κ3) is 6.62. The van der Waals surface area contributed by atoms with Crippen molar-refractivity contribution in [2.75, 3.05) is 12.4 Å². The second kappa shape index (κ2) is 8.53. The number of hydrogen-bond acceptors (Lipinski definition) is 5. The Morgan fingerprint density at radius 1 is 1.07 bits per heavy atom. The van der Waals surface area contributed by atoms with Crippen molar-refractivity contribution in [3.63, 3.8) is 0 Å². The molecule has 0 saturated heterocycles. The summed E-state index contributed by atoms with van der Waals surface area (Å²) in [5, 5.41) is 2.35. The first-order valence-corrected chi connectivity index (χ1v) is 8.29. The molecule has 1 N–H and O–H groups in total. The van der Waals surface area contributed by atoms with Gasteiger partial charge in [0.1, 0.15) is 17.1 Å². The molecular weight excluding hydrogens is 353 g/mol. The van der Waals surface area contributed by atoms with Crippen molar-refractivity contribution < 1.29 is 28.2 Å². The van der Waals surface area contributed by atoms with Gasteiger partial charge in [-0.1, -0.05) is 12.1 Å². The van der Waals surface area contributed by atoms with Gasteiger partial charge in [-0.25, -0.2) is 9.18 Å². The van der Waals surface area contributed by atoms with Crippen LogP contribution in [-0.2, 0) is 20.7 Å². The van der Waals surface area contributed by atoms with E-state index in [1.54, 1.807) is 45.0 Å². The molecule has 0 aliphatic carbocycles. The summed E-state index contributed by atoms with van der Waals surface area (Å²) >= 11 is 0. The maximum Gasteiger partial charge on any atom is 0.412 e. The molecule has 0 aliphatic rings. The van der Waals surface area contributed by atoms with E-state index in [9.17, 15) is 14.0 Å². The Morgan fingerprint density at radius 3 is 2.41 bits per heavy atom. The van der Waals surface area contributed by atoms with Crippen LogP contribution in [0.4, 0.5) is 14.9 Å². The van der Waals surface area contributed by atoms with E-state index in [4.69, 9.17) is 9.47 Å². The van der Waals surface area contributed by atoms with Crippen molar-refractivity contribution >= 4 is 17.7 Å². The van der Waals surface area contributed by atoms with Gasteiger partial charge < -0.3 is 14.2 Å². The lowest BCUT2D eigenvalue weighted by Crippen LogP contribution is -2.27. The van der Waals surface area contributed by atoms with Crippen molar-refractivity contribution in [1.29, 1.82) is 0 Å². The molecular formula is C20H22FNO5. The smallest absolute Gasteiger partial charge is 0.412 e. The number of rotatable bonds is 5. The van der Waals surface area contributed by atoms with Crippen LogP contribution in [0.25, 0.3) is 0 Å². The Kier molecular flexibility index (Phi) is 6.39. The predicted molar refractivity (Wildman–Crippen MR) is 98.5 cm³/mol. The topological polar surface area (TPSA) is 73.9 Å². The zero-order valence-corrected chi connectivity index (χ0v) is 15.7. The van der Waals surface area contributed by atoms with Crippen molar-refractivity contribution in [1.82, 2.24) is 0 Å². The molecule has 0 unspecified atom stereocenters. The SMILES string of the molecule is COC(=O)Cc1cccc(Oc2ccc(NC(=O)OC(C)(C)C)c(F)c2)c1. The lowest BCUT2D eigenvalue weighted by atomic mass is 10.1. The van der Waals surface area contributed by atoms with Crippen molar-refractivity contribution in [2.24, 2.45) is 0 Å². The number of ether oxygens (including phenoxy) is 3. The zero-order valence-electron chi connectivity index (χ0n) is 15.7. The van der Waals surface area contributed by atoms with Gasteiger partial charge in [-0.2, -0.15) is 0 Å². The van der Waals surface area contributed by atoms with Gasteiger partial charge in [-0.3, -0.25) is 10.1 Å². The minimum Gasteiger partial charge on any atom is -0.469 e. The molecule has 144 valence electrons. The molecule has 2 aromatic rings. The van der Waals surface area contributed by atoms with Gasteiger partial charge in [0.2, 0.25) is 0 Å². The van der Waals surface area contributed by atoms with E-state index in [1.165, 1.54) is 19.2 Å². The summed E-state index contributed by atoms with van der Waals surface area (Å²) in [6.45, 7) is 5.15. The minimum atomic E-state index is -0.745. The molecule has 0 radical (unpaired) electrons. The van der Waals surface area contributed by atoms with Gasteiger partial charge >= 0.3 is 12.1 Å². The first kappa shape index (κ1) is 20.2. The van der Waals surface area contributed by atoms with Crippen LogP contribution in [0.2, 0.25) is 0 Å². The van der Waals surface area contributed by atoms with Crippen LogP contribution < -0.4 is 10.1 Å². The van der Waals surface area contributed by atoms with Crippen molar-refractivity contribution in [2.45, 2.75) is 32.8 Å². The molecule has 0 spiro atoms. The highest BCUT2D eigenvalue weighted by molar-refractivity contribution is 5.85. The number of esters is 1. The number of methoxy groups -OCH3 is 1. The normalized spacial score (nSPS) is 10.9. The zero-order chi connectivity index (χ0) is 20.0. The number of nitrogens with one attached hydrogen (secondary N) is 1. The number of benzene rings is 2. The monoisotopic (exact) mass is 375 g/mol. The first-order chi connectivity index (χ1) is 12.7. The molecule has 0 aromatic heterocycles. The van der Waals surface area contributed by atoms with Gasteiger partial charge in [-0.05, 0) is 50.6 Å². The minimum absolute atomic E-state index is 0.0176. The number of carbonyl (C=O) groups excluding carboxylic acids is 2. The average Bonchev–Trinajstić information content (AvgIpc) is 2.56. The third-order valence-electron chi connectivity index (χ3n) is 3.29. The molecule has 27 heavy (non-hydrogen) atoms. The van der Waals surface area contributed by atoms with Gasteiger partial charge in [0.05, 0.1) is 19.2 Å². The van der Waals surface area contributed by atoms with Crippen LogP contribution in [-0.4, -0.2) is 24.8 Å². The number of halogens is 1. The summed E-state index contributed by atoms with van der Waals surface area (Å²) in [4.78, 5) is 23.1. The van der Waals surface area contributed by atoms with Crippen LogP contribution in [0.1, 0.15) is 26.3 Å².